The topological polar surface area (TPSA) is 91.4 Å². The molecule has 2 aromatic heterocycles. The summed E-state index contributed by atoms with van der Waals surface area (Å²) in [5.74, 6) is 0.892. The Bertz CT molecular complexity index is 772. The van der Waals surface area contributed by atoms with E-state index in [0.717, 1.165) is 5.82 Å². The highest BCUT2D eigenvalue weighted by Gasteiger charge is 2.29. The van der Waals surface area contributed by atoms with E-state index in [9.17, 15) is 9.59 Å². The van der Waals surface area contributed by atoms with Crippen molar-refractivity contribution in [3.63, 3.8) is 0 Å². The highest BCUT2D eigenvalue weighted by atomic mass is 16.5. The summed E-state index contributed by atoms with van der Waals surface area (Å²) in [6.07, 6.45) is 2.04. The van der Waals surface area contributed by atoms with E-state index in [1.807, 2.05) is 25.1 Å². The van der Waals surface area contributed by atoms with Crippen molar-refractivity contribution in [1.82, 2.24) is 20.1 Å². The molecule has 3 heterocycles. The van der Waals surface area contributed by atoms with Gasteiger partial charge in [0.15, 0.2) is 5.82 Å². The third-order valence-corrected chi connectivity index (χ3v) is 3.85. The van der Waals surface area contributed by atoms with Crippen molar-refractivity contribution < 1.29 is 9.53 Å². The summed E-state index contributed by atoms with van der Waals surface area (Å²) >= 11 is 0. The van der Waals surface area contributed by atoms with Crippen LogP contribution in [0.4, 0.5) is 5.82 Å². The van der Waals surface area contributed by atoms with Gasteiger partial charge in [-0.1, -0.05) is 0 Å². The number of carbonyl (C=O) groups excluding carboxylic acids is 1. The molecular formula is C16H19N5O3. The molecule has 0 aromatic carbocycles. The first kappa shape index (κ1) is 16.0. The van der Waals surface area contributed by atoms with Gasteiger partial charge >= 0.3 is 0 Å². The zero-order chi connectivity index (χ0) is 17.1. The molecule has 1 atom stereocenters. The summed E-state index contributed by atoms with van der Waals surface area (Å²) in [5, 5.41) is 8.09. The quantitative estimate of drug-likeness (QED) is 0.879. The smallest absolute Gasteiger partial charge is 0.260 e. The molecule has 0 saturated carbocycles. The van der Waals surface area contributed by atoms with Crippen molar-refractivity contribution in [3.05, 3.63) is 46.4 Å². The molecule has 8 nitrogen and oxygen atoms in total. The number of hydrogen-bond acceptors (Lipinski definition) is 6. The number of rotatable bonds is 4. The number of aromatic nitrogens is 3. The Labute approximate surface area is 139 Å². The summed E-state index contributed by atoms with van der Waals surface area (Å²) in [6.45, 7) is 0.964. The molecule has 1 fully saturated rings. The van der Waals surface area contributed by atoms with Crippen LogP contribution in [0.25, 0.3) is 0 Å². The largest absolute Gasteiger partial charge is 0.471 e. The zero-order valence-electron chi connectivity index (χ0n) is 13.6. The van der Waals surface area contributed by atoms with Crippen molar-refractivity contribution >= 4 is 11.7 Å². The number of likely N-dealkylation sites (tertiary alicyclic amines) is 1. The van der Waals surface area contributed by atoms with E-state index < -0.39 is 0 Å². The number of anilines is 1. The fourth-order valence-electron chi connectivity index (χ4n) is 2.55. The molecule has 8 heteroatoms. The molecule has 0 radical (unpaired) electrons. The van der Waals surface area contributed by atoms with Crippen molar-refractivity contribution in [3.8, 4) is 5.88 Å². The van der Waals surface area contributed by atoms with Crippen LogP contribution in [0, 0.1) is 0 Å². The van der Waals surface area contributed by atoms with Gasteiger partial charge in [0.1, 0.15) is 11.7 Å². The predicted molar refractivity (Wildman–Crippen MR) is 88.4 cm³/mol. The fraction of sp³-hybridized carbons (Fsp3) is 0.375. The molecule has 1 amide bonds. The van der Waals surface area contributed by atoms with E-state index in [0.29, 0.717) is 25.4 Å². The maximum Gasteiger partial charge on any atom is 0.260 e. The number of ether oxygens (including phenoxy) is 1. The number of carbonyl (C=O) groups is 1. The van der Waals surface area contributed by atoms with Crippen LogP contribution in [0.2, 0.25) is 0 Å². The first-order valence-electron chi connectivity index (χ1n) is 7.69. The van der Waals surface area contributed by atoms with Crippen molar-refractivity contribution in [1.29, 1.82) is 0 Å². The second-order valence-electron chi connectivity index (χ2n) is 5.82. The van der Waals surface area contributed by atoms with E-state index in [2.05, 4.69) is 15.2 Å². The normalized spacial score (nSPS) is 16.9. The van der Waals surface area contributed by atoms with Gasteiger partial charge in [0.2, 0.25) is 5.88 Å². The van der Waals surface area contributed by atoms with Crippen LogP contribution in [-0.4, -0.2) is 59.3 Å². The Morgan fingerprint density at radius 1 is 1.33 bits per heavy atom. The monoisotopic (exact) mass is 329 g/mol. The first-order valence-corrected chi connectivity index (χ1v) is 7.69. The number of aromatic amines is 1. The van der Waals surface area contributed by atoms with Gasteiger partial charge in [-0.05, 0) is 18.2 Å². The lowest BCUT2D eigenvalue weighted by Gasteiger charge is -2.16. The number of hydrogen-bond donors (Lipinski definition) is 1. The van der Waals surface area contributed by atoms with E-state index >= 15 is 0 Å². The van der Waals surface area contributed by atoms with Crippen LogP contribution in [0.5, 0.6) is 5.88 Å². The number of nitrogens with zero attached hydrogens (tertiary/aromatic N) is 4. The van der Waals surface area contributed by atoms with Gasteiger partial charge < -0.3 is 19.5 Å². The highest BCUT2D eigenvalue weighted by Crippen LogP contribution is 2.18. The molecule has 24 heavy (non-hydrogen) atoms. The molecule has 1 aliphatic heterocycles. The second-order valence-corrected chi connectivity index (χ2v) is 5.82. The molecule has 0 spiro atoms. The summed E-state index contributed by atoms with van der Waals surface area (Å²) in [7, 11) is 3.77. The van der Waals surface area contributed by atoms with Crippen LogP contribution in [0.3, 0.4) is 0 Å². The standard InChI is InChI=1S/C16H19N5O3/c1-20(2)13-5-6-14(19-18-13)24-11-7-9-21(10-11)16(23)12-4-3-8-17-15(12)22/h3-6,8,11H,7,9-10H2,1-2H3,(H,17,22). The van der Waals surface area contributed by atoms with E-state index in [4.69, 9.17) is 4.74 Å². The summed E-state index contributed by atoms with van der Waals surface area (Å²) < 4.78 is 5.78. The Morgan fingerprint density at radius 3 is 2.83 bits per heavy atom. The average Bonchev–Trinajstić information content (AvgIpc) is 3.04. The minimum absolute atomic E-state index is 0.147. The Hall–Kier alpha value is -2.90. The molecular weight excluding hydrogens is 310 g/mol. The van der Waals surface area contributed by atoms with E-state index in [1.165, 1.54) is 12.3 Å². The Balaban J connectivity index is 1.62. The summed E-state index contributed by atoms with van der Waals surface area (Å²) in [5.41, 5.74) is -0.231. The Morgan fingerprint density at radius 2 is 2.17 bits per heavy atom. The van der Waals surface area contributed by atoms with Crippen LogP contribution in [-0.2, 0) is 0 Å². The SMILES string of the molecule is CN(C)c1ccc(OC2CCN(C(=O)c3ccc[nH]c3=O)C2)nn1. The molecule has 0 bridgehead atoms. The lowest BCUT2D eigenvalue weighted by atomic mass is 10.2. The van der Waals surface area contributed by atoms with Gasteiger partial charge in [-0.15, -0.1) is 10.2 Å². The third kappa shape index (κ3) is 3.37. The third-order valence-electron chi connectivity index (χ3n) is 3.85. The van der Waals surface area contributed by atoms with Crippen LogP contribution < -0.4 is 15.2 Å². The molecule has 2 aromatic rings. The minimum atomic E-state index is -0.378. The molecule has 126 valence electrons. The maximum absolute atomic E-state index is 12.4. The van der Waals surface area contributed by atoms with Crippen LogP contribution >= 0.6 is 0 Å². The minimum Gasteiger partial charge on any atom is -0.471 e. The number of pyridine rings is 1. The maximum atomic E-state index is 12.4. The van der Waals surface area contributed by atoms with Gasteiger partial charge in [0.25, 0.3) is 11.5 Å². The summed E-state index contributed by atoms with van der Waals surface area (Å²) in [4.78, 5) is 30.1. The second kappa shape index (κ2) is 6.69. The molecule has 1 aliphatic rings. The van der Waals surface area contributed by atoms with Crippen molar-refractivity contribution in [2.45, 2.75) is 12.5 Å². The molecule has 1 N–H and O–H groups in total. The van der Waals surface area contributed by atoms with Gasteiger partial charge in [0, 0.05) is 39.3 Å². The van der Waals surface area contributed by atoms with Gasteiger partial charge in [-0.2, -0.15) is 0 Å². The van der Waals surface area contributed by atoms with Gasteiger partial charge in [0.05, 0.1) is 6.54 Å². The zero-order valence-corrected chi connectivity index (χ0v) is 13.6. The molecule has 0 aliphatic carbocycles. The number of H-pyrrole nitrogens is 1. The average molecular weight is 329 g/mol. The lowest BCUT2D eigenvalue weighted by Crippen LogP contribution is -2.34. The van der Waals surface area contributed by atoms with Crippen LogP contribution in [0.15, 0.2) is 35.3 Å². The number of nitrogens with one attached hydrogen (secondary N) is 1. The summed E-state index contributed by atoms with van der Waals surface area (Å²) in [6, 6.07) is 6.75. The number of amides is 1. The molecule has 1 unspecified atom stereocenters. The Kier molecular flexibility index (Phi) is 4.45. The lowest BCUT2D eigenvalue weighted by molar-refractivity contribution is 0.0769. The van der Waals surface area contributed by atoms with E-state index in [1.54, 1.807) is 17.0 Å². The predicted octanol–water partition coefficient (Wildman–Crippen LogP) is 0.524. The molecule has 1 saturated heterocycles. The van der Waals surface area contributed by atoms with E-state index in [-0.39, 0.29) is 23.1 Å². The van der Waals surface area contributed by atoms with Crippen molar-refractivity contribution in [2.75, 3.05) is 32.1 Å². The first-order chi connectivity index (χ1) is 11.5. The fourth-order valence-corrected chi connectivity index (χ4v) is 2.55. The van der Waals surface area contributed by atoms with Gasteiger partial charge in [-0.3, -0.25) is 9.59 Å². The highest BCUT2D eigenvalue weighted by molar-refractivity contribution is 5.94. The molecule has 3 rings (SSSR count). The van der Waals surface area contributed by atoms with Crippen molar-refractivity contribution in [2.24, 2.45) is 0 Å². The van der Waals surface area contributed by atoms with Crippen LogP contribution in [0.1, 0.15) is 16.8 Å². The van der Waals surface area contributed by atoms with Gasteiger partial charge in [-0.25, -0.2) is 0 Å².